The normalized spacial score (nSPS) is 16.2. The van der Waals surface area contributed by atoms with Gasteiger partial charge in [-0.25, -0.2) is 14.6 Å². The van der Waals surface area contributed by atoms with Crippen molar-refractivity contribution in [1.29, 1.82) is 0 Å². The highest BCUT2D eigenvalue weighted by Crippen LogP contribution is 2.37. The maximum absolute atomic E-state index is 13.4. The lowest BCUT2D eigenvalue weighted by molar-refractivity contribution is -0.142. The lowest BCUT2D eigenvalue weighted by Crippen LogP contribution is -2.52. The number of benzene rings is 2. The summed E-state index contributed by atoms with van der Waals surface area (Å²) < 4.78 is 4.94. The van der Waals surface area contributed by atoms with Crippen molar-refractivity contribution in [3.63, 3.8) is 0 Å². The Bertz CT molecular complexity index is 1120. The van der Waals surface area contributed by atoms with E-state index in [1.54, 1.807) is 29.4 Å². The van der Waals surface area contributed by atoms with Crippen LogP contribution in [0.1, 0.15) is 28.6 Å². The Hall–Kier alpha value is -3.03. The summed E-state index contributed by atoms with van der Waals surface area (Å²) in [6.45, 7) is 0.421. The summed E-state index contributed by atoms with van der Waals surface area (Å²) in [5.41, 5.74) is 3.28. The zero-order valence-corrected chi connectivity index (χ0v) is 18.9. The van der Waals surface area contributed by atoms with Gasteiger partial charge in [0.05, 0.1) is 19.1 Å². The molecular formula is C23H22Cl2N4O3. The van der Waals surface area contributed by atoms with Crippen LogP contribution in [-0.4, -0.2) is 46.6 Å². The van der Waals surface area contributed by atoms with E-state index in [-0.39, 0.29) is 0 Å². The standard InChI is InChI=1S/C23H22Cl2N4O3/c1-32-22(30)19(11-14-5-3-2-4-6-14)28-23(31)29-10-9-18-20(27-13-26-18)21(29)16-8-7-15(24)12-17(16)25/h2-8,12-13,19,21H,9-11H2,1H3,(H,26,27)(H,28,31)/t19-,21+/m1/s1. The van der Waals surface area contributed by atoms with Gasteiger partial charge in [0.1, 0.15) is 12.1 Å². The van der Waals surface area contributed by atoms with Crippen molar-refractivity contribution in [3.05, 3.63) is 87.4 Å². The molecule has 0 spiro atoms. The lowest BCUT2D eigenvalue weighted by atomic mass is 9.96. The number of hydrogen-bond donors (Lipinski definition) is 2. The number of imidazole rings is 1. The zero-order chi connectivity index (χ0) is 22.7. The van der Waals surface area contributed by atoms with Gasteiger partial charge in [-0.15, -0.1) is 0 Å². The monoisotopic (exact) mass is 472 g/mol. The second-order valence-electron chi connectivity index (χ2n) is 7.49. The number of fused-ring (bicyclic) bond motifs is 1. The summed E-state index contributed by atoms with van der Waals surface area (Å²) in [5, 5.41) is 3.78. The molecule has 3 aromatic rings. The van der Waals surface area contributed by atoms with E-state index >= 15 is 0 Å². The smallest absolute Gasteiger partial charge is 0.328 e. The molecule has 166 valence electrons. The summed E-state index contributed by atoms with van der Waals surface area (Å²) >= 11 is 12.6. The fourth-order valence-corrected chi connectivity index (χ4v) is 4.46. The van der Waals surface area contributed by atoms with Gasteiger partial charge in [-0.05, 0) is 23.3 Å². The second-order valence-corrected chi connectivity index (χ2v) is 8.34. The molecule has 2 heterocycles. The second kappa shape index (κ2) is 9.63. The van der Waals surface area contributed by atoms with Crippen LogP contribution in [0.15, 0.2) is 54.9 Å². The molecule has 1 aromatic heterocycles. The van der Waals surface area contributed by atoms with E-state index in [1.165, 1.54) is 7.11 Å². The molecule has 2 aromatic carbocycles. The Balaban J connectivity index is 1.63. The first-order valence-electron chi connectivity index (χ1n) is 10.1. The molecule has 9 heteroatoms. The van der Waals surface area contributed by atoms with Crippen LogP contribution in [0.25, 0.3) is 0 Å². The minimum atomic E-state index is -0.836. The van der Waals surface area contributed by atoms with Crippen LogP contribution in [0, 0.1) is 0 Å². The van der Waals surface area contributed by atoms with Crippen molar-refractivity contribution >= 4 is 35.2 Å². The fraction of sp³-hybridized carbons (Fsp3) is 0.261. The Morgan fingerprint density at radius 3 is 2.75 bits per heavy atom. The molecule has 0 bridgehead atoms. The Morgan fingerprint density at radius 1 is 1.25 bits per heavy atom. The average molecular weight is 473 g/mol. The van der Waals surface area contributed by atoms with Crippen molar-refractivity contribution in [2.75, 3.05) is 13.7 Å². The van der Waals surface area contributed by atoms with Crippen LogP contribution in [0.4, 0.5) is 4.79 Å². The molecule has 0 radical (unpaired) electrons. The van der Waals surface area contributed by atoms with Crippen molar-refractivity contribution < 1.29 is 14.3 Å². The van der Waals surface area contributed by atoms with Gasteiger partial charge in [0, 0.05) is 35.1 Å². The molecule has 7 nitrogen and oxygen atoms in total. The number of halogens is 2. The number of nitrogens with zero attached hydrogens (tertiary/aromatic N) is 2. The minimum absolute atomic E-state index is 0.313. The van der Waals surface area contributed by atoms with Crippen molar-refractivity contribution in [3.8, 4) is 0 Å². The summed E-state index contributed by atoms with van der Waals surface area (Å²) in [5.74, 6) is -0.513. The third-order valence-corrected chi connectivity index (χ3v) is 6.07. The molecule has 2 amide bonds. The number of aromatic nitrogens is 2. The number of aromatic amines is 1. The van der Waals surface area contributed by atoms with E-state index in [2.05, 4.69) is 15.3 Å². The number of carbonyl (C=O) groups excluding carboxylic acids is 2. The van der Waals surface area contributed by atoms with Gasteiger partial charge in [-0.1, -0.05) is 59.6 Å². The van der Waals surface area contributed by atoms with E-state index in [1.807, 2.05) is 30.3 Å². The maximum Gasteiger partial charge on any atom is 0.328 e. The SMILES string of the molecule is COC(=O)[C@@H](Cc1ccccc1)NC(=O)N1CCc2[nH]cnc2[C@@H]1c1ccc(Cl)cc1Cl. The Kier molecular flexibility index (Phi) is 6.67. The van der Waals surface area contributed by atoms with Gasteiger partial charge in [-0.2, -0.15) is 0 Å². The number of rotatable bonds is 5. The van der Waals surface area contributed by atoms with Gasteiger partial charge in [0.25, 0.3) is 0 Å². The number of methoxy groups -OCH3 is 1. The van der Waals surface area contributed by atoms with E-state index in [9.17, 15) is 9.59 Å². The average Bonchev–Trinajstić information content (AvgIpc) is 3.27. The highest BCUT2D eigenvalue weighted by molar-refractivity contribution is 6.35. The van der Waals surface area contributed by atoms with Crippen LogP contribution in [0.3, 0.4) is 0 Å². The first-order valence-corrected chi connectivity index (χ1v) is 10.9. The van der Waals surface area contributed by atoms with Gasteiger partial charge in [-0.3, -0.25) is 0 Å². The third-order valence-electron chi connectivity index (χ3n) is 5.51. The first kappa shape index (κ1) is 22.2. The number of hydrogen-bond acceptors (Lipinski definition) is 4. The number of ether oxygens (including phenoxy) is 1. The number of carbonyl (C=O) groups is 2. The van der Waals surface area contributed by atoms with Gasteiger partial charge in [0.2, 0.25) is 0 Å². The van der Waals surface area contributed by atoms with Crippen molar-refractivity contribution in [1.82, 2.24) is 20.2 Å². The lowest BCUT2D eigenvalue weighted by Gasteiger charge is -2.36. The number of H-pyrrole nitrogens is 1. The van der Waals surface area contributed by atoms with Gasteiger partial charge >= 0.3 is 12.0 Å². The molecule has 32 heavy (non-hydrogen) atoms. The van der Waals surface area contributed by atoms with Crippen LogP contribution in [-0.2, 0) is 22.4 Å². The number of esters is 1. The summed E-state index contributed by atoms with van der Waals surface area (Å²) in [7, 11) is 1.31. The molecule has 4 rings (SSSR count). The maximum atomic E-state index is 13.4. The molecule has 2 N–H and O–H groups in total. The number of amides is 2. The summed E-state index contributed by atoms with van der Waals surface area (Å²) in [6, 6.07) is 12.9. The van der Waals surface area contributed by atoms with E-state index in [4.69, 9.17) is 27.9 Å². The Morgan fingerprint density at radius 2 is 2.03 bits per heavy atom. The minimum Gasteiger partial charge on any atom is -0.467 e. The van der Waals surface area contributed by atoms with E-state index in [0.29, 0.717) is 40.7 Å². The van der Waals surface area contributed by atoms with Crippen LogP contribution >= 0.6 is 23.2 Å². The summed E-state index contributed by atoms with van der Waals surface area (Å²) in [6.07, 6.45) is 2.52. The molecule has 2 atom stereocenters. The highest BCUT2D eigenvalue weighted by Gasteiger charge is 2.36. The van der Waals surface area contributed by atoms with Crippen LogP contribution in [0.2, 0.25) is 10.0 Å². The number of urea groups is 1. The fourth-order valence-electron chi connectivity index (χ4n) is 3.95. The topological polar surface area (TPSA) is 87.3 Å². The zero-order valence-electron chi connectivity index (χ0n) is 17.3. The molecule has 1 aliphatic rings. The van der Waals surface area contributed by atoms with Gasteiger partial charge in [0.15, 0.2) is 0 Å². The molecule has 0 unspecified atom stereocenters. The first-order chi connectivity index (χ1) is 15.5. The molecule has 0 saturated carbocycles. The summed E-state index contributed by atoms with van der Waals surface area (Å²) in [4.78, 5) is 35.1. The third kappa shape index (κ3) is 4.59. The van der Waals surface area contributed by atoms with Crippen LogP contribution < -0.4 is 5.32 Å². The van der Waals surface area contributed by atoms with E-state index in [0.717, 1.165) is 11.3 Å². The molecule has 0 fully saturated rings. The largest absolute Gasteiger partial charge is 0.467 e. The molecule has 0 saturated heterocycles. The van der Waals surface area contributed by atoms with Gasteiger partial charge < -0.3 is 19.9 Å². The molecule has 0 aliphatic carbocycles. The number of nitrogens with one attached hydrogen (secondary N) is 2. The molecule has 1 aliphatic heterocycles. The quantitative estimate of drug-likeness (QED) is 0.545. The Labute approximate surface area is 195 Å². The highest BCUT2D eigenvalue weighted by atomic mass is 35.5. The van der Waals surface area contributed by atoms with Crippen LogP contribution in [0.5, 0.6) is 0 Å². The van der Waals surface area contributed by atoms with Crippen molar-refractivity contribution in [2.24, 2.45) is 0 Å². The van der Waals surface area contributed by atoms with E-state index < -0.39 is 24.1 Å². The predicted octanol–water partition coefficient (Wildman–Crippen LogP) is 4.16. The molecular weight excluding hydrogens is 451 g/mol. The van der Waals surface area contributed by atoms with Crippen molar-refractivity contribution in [2.45, 2.75) is 24.9 Å². The predicted molar refractivity (Wildman–Crippen MR) is 122 cm³/mol.